The number of nitrogens with one attached hydrogen (secondary N) is 1. The first-order valence-electron chi connectivity index (χ1n) is 8.83. The van der Waals surface area contributed by atoms with Crippen molar-refractivity contribution in [1.82, 2.24) is 4.57 Å². The summed E-state index contributed by atoms with van der Waals surface area (Å²) in [5, 5.41) is 32.4. The lowest BCUT2D eigenvalue weighted by Crippen LogP contribution is -2.35. The second-order valence-corrected chi connectivity index (χ2v) is 7.26. The summed E-state index contributed by atoms with van der Waals surface area (Å²) in [6, 6.07) is -0.869. The Balaban J connectivity index is 2.41. The molecule has 1 aromatic heterocycles. The largest absolute Gasteiger partial charge is 0.480 e. The number of hydrogen-bond acceptors (Lipinski definition) is 6. The molecular weight excluding hydrogens is 389 g/mol. The van der Waals surface area contributed by atoms with E-state index in [1.807, 2.05) is 0 Å². The summed E-state index contributed by atoms with van der Waals surface area (Å²) in [4.78, 5) is 46.4. The van der Waals surface area contributed by atoms with Gasteiger partial charge in [0.1, 0.15) is 17.1 Å². The second-order valence-electron chi connectivity index (χ2n) is 7.26. The summed E-state index contributed by atoms with van der Waals surface area (Å²) in [6.45, 7) is 3.10. The van der Waals surface area contributed by atoms with Crippen LogP contribution in [0.25, 0.3) is 10.9 Å². The van der Waals surface area contributed by atoms with Gasteiger partial charge in [0.05, 0.1) is 10.3 Å². The highest BCUT2D eigenvalue weighted by molar-refractivity contribution is 5.99. The van der Waals surface area contributed by atoms with Crippen molar-refractivity contribution >= 4 is 34.2 Å². The van der Waals surface area contributed by atoms with Crippen LogP contribution in [0, 0.1) is 21.8 Å². The lowest BCUT2D eigenvalue weighted by Gasteiger charge is -2.21. The van der Waals surface area contributed by atoms with Crippen LogP contribution in [-0.4, -0.2) is 37.7 Å². The number of nitro groups is 1. The zero-order valence-corrected chi connectivity index (χ0v) is 15.5. The Morgan fingerprint density at radius 3 is 2.41 bits per heavy atom. The Morgan fingerprint density at radius 1 is 1.34 bits per heavy atom. The summed E-state index contributed by atoms with van der Waals surface area (Å²) in [5.74, 6) is -4.59. The molecule has 3 rings (SSSR count). The molecule has 29 heavy (non-hydrogen) atoms. The smallest absolute Gasteiger partial charge is 0.341 e. The number of nitrogens with zero attached hydrogens (tertiary/aromatic N) is 2. The molecule has 1 aliphatic rings. The average molecular weight is 407 g/mol. The van der Waals surface area contributed by atoms with Crippen LogP contribution in [0.4, 0.5) is 15.8 Å². The molecule has 1 atom stereocenters. The van der Waals surface area contributed by atoms with Crippen molar-refractivity contribution in [2.24, 2.45) is 5.92 Å². The molecular formula is C18H18FN3O7. The monoisotopic (exact) mass is 407 g/mol. The number of fused-ring (bicyclic) bond motifs is 1. The predicted octanol–water partition coefficient (Wildman–Crippen LogP) is 2.60. The Kier molecular flexibility index (Phi) is 4.99. The van der Waals surface area contributed by atoms with Crippen molar-refractivity contribution in [2.75, 3.05) is 5.32 Å². The topological polar surface area (TPSA) is 152 Å². The van der Waals surface area contributed by atoms with E-state index in [1.54, 1.807) is 13.8 Å². The van der Waals surface area contributed by atoms with E-state index in [0.717, 1.165) is 12.3 Å². The van der Waals surface area contributed by atoms with E-state index in [4.69, 9.17) is 0 Å². The van der Waals surface area contributed by atoms with Gasteiger partial charge in [0, 0.05) is 12.2 Å². The van der Waals surface area contributed by atoms with Gasteiger partial charge in [-0.2, -0.15) is 0 Å². The molecule has 1 aromatic carbocycles. The lowest BCUT2D eigenvalue weighted by atomic mass is 10.0. The highest BCUT2D eigenvalue weighted by atomic mass is 19.1. The molecule has 11 heteroatoms. The molecule has 2 aromatic rings. The van der Waals surface area contributed by atoms with Crippen molar-refractivity contribution in [3.63, 3.8) is 0 Å². The highest BCUT2D eigenvalue weighted by Gasteiger charge is 2.35. The van der Waals surface area contributed by atoms with E-state index in [0.29, 0.717) is 12.8 Å². The lowest BCUT2D eigenvalue weighted by molar-refractivity contribution is -0.382. The molecule has 10 nitrogen and oxygen atoms in total. The van der Waals surface area contributed by atoms with Gasteiger partial charge in [-0.25, -0.2) is 14.0 Å². The van der Waals surface area contributed by atoms with E-state index in [9.17, 15) is 39.1 Å². The number of carboxylic acid groups (broad SMARTS) is 2. The van der Waals surface area contributed by atoms with Crippen molar-refractivity contribution in [1.29, 1.82) is 0 Å². The maximum atomic E-state index is 14.8. The summed E-state index contributed by atoms with van der Waals surface area (Å²) in [7, 11) is 0. The number of carbonyl (C=O) groups is 2. The van der Waals surface area contributed by atoms with Crippen LogP contribution in [0.15, 0.2) is 17.1 Å². The van der Waals surface area contributed by atoms with E-state index < -0.39 is 62.4 Å². The van der Waals surface area contributed by atoms with Crippen molar-refractivity contribution in [2.45, 2.75) is 38.8 Å². The van der Waals surface area contributed by atoms with E-state index >= 15 is 0 Å². The van der Waals surface area contributed by atoms with Gasteiger partial charge < -0.3 is 20.1 Å². The number of benzene rings is 1. The summed E-state index contributed by atoms with van der Waals surface area (Å²) in [6.07, 6.45) is 2.24. The van der Waals surface area contributed by atoms with Crippen molar-refractivity contribution in [3.05, 3.63) is 44.0 Å². The van der Waals surface area contributed by atoms with Gasteiger partial charge in [-0.3, -0.25) is 14.9 Å². The maximum absolute atomic E-state index is 14.8. The van der Waals surface area contributed by atoms with E-state index in [-0.39, 0.29) is 11.6 Å². The summed E-state index contributed by atoms with van der Waals surface area (Å²) < 4.78 is 16.1. The van der Waals surface area contributed by atoms with E-state index in [1.165, 1.54) is 4.57 Å². The number of aliphatic carboxylic acids is 1. The van der Waals surface area contributed by atoms with Crippen LogP contribution < -0.4 is 10.7 Å². The van der Waals surface area contributed by atoms with Gasteiger partial charge in [-0.1, -0.05) is 13.8 Å². The number of carboxylic acids is 2. The Bertz CT molecular complexity index is 1110. The quantitative estimate of drug-likeness (QED) is 0.468. The first-order chi connectivity index (χ1) is 13.5. The molecule has 154 valence electrons. The molecule has 0 unspecified atom stereocenters. The minimum absolute atomic E-state index is 0.232. The first-order valence-corrected chi connectivity index (χ1v) is 8.83. The zero-order chi connectivity index (χ0) is 21.6. The first kappa shape index (κ1) is 20.2. The Morgan fingerprint density at radius 2 is 1.97 bits per heavy atom. The molecule has 0 radical (unpaired) electrons. The number of nitro benzene ring substituents is 1. The number of aromatic carboxylic acids is 1. The van der Waals surface area contributed by atoms with Crippen LogP contribution >= 0.6 is 0 Å². The van der Waals surface area contributed by atoms with Gasteiger partial charge in [0.15, 0.2) is 11.5 Å². The highest BCUT2D eigenvalue weighted by Crippen LogP contribution is 2.42. The molecule has 0 spiro atoms. The number of pyridine rings is 1. The number of halogens is 1. The normalized spacial score (nSPS) is 14.8. The molecule has 1 saturated carbocycles. The van der Waals surface area contributed by atoms with Crippen molar-refractivity contribution < 1.29 is 29.1 Å². The molecule has 0 bridgehead atoms. The van der Waals surface area contributed by atoms with E-state index in [2.05, 4.69) is 5.32 Å². The summed E-state index contributed by atoms with van der Waals surface area (Å²) in [5.41, 5.74) is -3.35. The summed E-state index contributed by atoms with van der Waals surface area (Å²) >= 11 is 0. The van der Waals surface area contributed by atoms with Crippen molar-refractivity contribution in [3.8, 4) is 0 Å². The molecule has 0 amide bonds. The Hall–Kier alpha value is -3.50. The number of aromatic nitrogens is 1. The van der Waals surface area contributed by atoms with Crippen LogP contribution in [0.1, 0.15) is 43.1 Å². The van der Waals surface area contributed by atoms with Gasteiger partial charge in [-0.05, 0) is 24.8 Å². The van der Waals surface area contributed by atoms with Crippen LogP contribution in [0.3, 0.4) is 0 Å². The molecule has 3 N–H and O–H groups in total. The fourth-order valence-corrected chi connectivity index (χ4v) is 3.25. The third-order valence-electron chi connectivity index (χ3n) is 4.83. The third kappa shape index (κ3) is 3.50. The molecule has 0 aliphatic heterocycles. The van der Waals surface area contributed by atoms with Gasteiger partial charge in [0.2, 0.25) is 5.43 Å². The number of rotatable bonds is 7. The molecule has 0 saturated heterocycles. The SMILES string of the molecule is CC(C)[C@H](Nc1c(F)cc2c(=O)c(C(=O)O)cn(C3CC3)c2c1[N+](=O)[O-])C(=O)O. The second kappa shape index (κ2) is 7.15. The zero-order valence-electron chi connectivity index (χ0n) is 15.5. The van der Waals surface area contributed by atoms with Gasteiger partial charge in [-0.15, -0.1) is 0 Å². The fraction of sp³-hybridized carbons (Fsp3) is 0.389. The third-order valence-corrected chi connectivity index (χ3v) is 4.83. The average Bonchev–Trinajstić information content (AvgIpc) is 3.44. The minimum atomic E-state index is -1.53. The number of anilines is 1. The minimum Gasteiger partial charge on any atom is -0.480 e. The standard InChI is InChI=1S/C18H18FN3O7/c1-7(2)12(18(26)27)20-13-11(19)5-9-14(15(13)22(28)29)21(8-3-4-8)6-10(16(9)23)17(24)25/h5-8,12,20H,3-4H2,1-2H3,(H,24,25)(H,26,27)/t12-/m0/s1. The number of hydrogen-bond donors (Lipinski definition) is 3. The fourth-order valence-electron chi connectivity index (χ4n) is 3.25. The molecule has 1 heterocycles. The van der Waals surface area contributed by atoms with Crippen LogP contribution in [0.2, 0.25) is 0 Å². The maximum Gasteiger partial charge on any atom is 0.341 e. The van der Waals surface area contributed by atoms with Crippen LogP contribution in [0.5, 0.6) is 0 Å². The predicted molar refractivity (Wildman–Crippen MR) is 99.9 cm³/mol. The van der Waals surface area contributed by atoms with Crippen LogP contribution in [-0.2, 0) is 4.79 Å². The molecule has 1 aliphatic carbocycles. The van der Waals surface area contributed by atoms with Gasteiger partial charge in [0.25, 0.3) is 0 Å². The Labute approximate surface area is 162 Å². The van der Waals surface area contributed by atoms with Gasteiger partial charge >= 0.3 is 17.6 Å². The molecule has 1 fully saturated rings.